The summed E-state index contributed by atoms with van der Waals surface area (Å²) in [7, 11) is -2.10. The maximum Gasteiger partial charge on any atom is 0.273 e. The van der Waals surface area contributed by atoms with E-state index in [2.05, 4.69) is 55.2 Å². The summed E-state index contributed by atoms with van der Waals surface area (Å²) >= 11 is 0. The summed E-state index contributed by atoms with van der Waals surface area (Å²) in [5.74, 6) is -0.799. The highest BCUT2D eigenvalue weighted by atomic mass is 28.4. The van der Waals surface area contributed by atoms with Gasteiger partial charge in [0.1, 0.15) is 6.10 Å². The van der Waals surface area contributed by atoms with Gasteiger partial charge in [0.2, 0.25) is 5.91 Å². The van der Waals surface area contributed by atoms with Gasteiger partial charge in [-0.2, -0.15) is 0 Å². The number of nitrogens with zero attached hydrogens (tertiary/aromatic N) is 1. The van der Waals surface area contributed by atoms with Crippen molar-refractivity contribution >= 4 is 26.0 Å². The molecule has 0 radical (unpaired) electrons. The van der Waals surface area contributed by atoms with Crippen LogP contribution >= 0.6 is 0 Å². The molecule has 0 aliphatic heterocycles. The van der Waals surface area contributed by atoms with E-state index in [1.54, 1.807) is 13.0 Å². The number of amides is 3. The molecule has 9 nitrogen and oxygen atoms in total. The number of nitrogens with one attached hydrogen (secondary N) is 3. The fraction of sp³-hybridized carbons (Fsp3) is 0.500. The second kappa shape index (κ2) is 10.1. The molecule has 0 bridgehead atoms. The number of hydrogen-bond donors (Lipinski definition) is 3. The van der Waals surface area contributed by atoms with Gasteiger partial charge < -0.3 is 14.3 Å². The second-order valence-corrected chi connectivity index (χ2v) is 15.0. The fourth-order valence-electron chi connectivity index (χ4n) is 3.33. The Labute approximate surface area is 201 Å². The lowest BCUT2D eigenvalue weighted by atomic mass is 9.79. The third-order valence-electron chi connectivity index (χ3n) is 6.60. The highest BCUT2D eigenvalue weighted by Crippen LogP contribution is 2.37. The van der Waals surface area contributed by atoms with Gasteiger partial charge in [-0.25, -0.2) is 0 Å². The predicted octanol–water partition coefficient (Wildman–Crippen LogP) is 3.41. The number of carbonyl (C=O) groups excluding carboxylic acids is 3. The zero-order chi connectivity index (χ0) is 25.1. The Kier molecular flexibility index (Phi) is 7.62. The van der Waals surface area contributed by atoms with E-state index in [0.29, 0.717) is 18.6 Å². The molecule has 3 amide bonds. The van der Waals surface area contributed by atoms with Crippen molar-refractivity contribution in [1.29, 1.82) is 0 Å². The molecule has 1 aliphatic rings. The summed E-state index contributed by atoms with van der Waals surface area (Å²) in [4.78, 5) is 37.2. The van der Waals surface area contributed by atoms with E-state index >= 15 is 0 Å². The molecule has 34 heavy (non-hydrogen) atoms. The van der Waals surface area contributed by atoms with Crippen molar-refractivity contribution in [2.24, 2.45) is 5.92 Å². The minimum absolute atomic E-state index is 0.0226. The molecule has 3 rings (SSSR count). The van der Waals surface area contributed by atoms with Crippen LogP contribution in [0.2, 0.25) is 18.1 Å². The van der Waals surface area contributed by atoms with Gasteiger partial charge in [0, 0.05) is 23.6 Å². The molecular weight excluding hydrogens is 452 g/mol. The highest BCUT2D eigenvalue weighted by molar-refractivity contribution is 6.74. The zero-order valence-electron chi connectivity index (χ0n) is 20.6. The number of rotatable bonds is 7. The predicted molar refractivity (Wildman–Crippen MR) is 130 cm³/mol. The summed E-state index contributed by atoms with van der Waals surface area (Å²) in [5, 5.41) is 6.68. The maximum absolute atomic E-state index is 12.4. The minimum atomic E-state index is -2.10. The van der Waals surface area contributed by atoms with Crippen LogP contribution in [0.15, 0.2) is 40.9 Å². The summed E-state index contributed by atoms with van der Waals surface area (Å²) in [5.41, 5.74) is 5.95. The molecule has 1 fully saturated rings. The van der Waals surface area contributed by atoms with E-state index in [4.69, 9.17) is 8.95 Å². The van der Waals surface area contributed by atoms with Crippen molar-refractivity contribution in [1.82, 2.24) is 21.3 Å². The van der Waals surface area contributed by atoms with E-state index in [-0.39, 0.29) is 40.4 Å². The SMILES string of the molecule is CC(O[Si](C)(C)C(C)(C)C)C(=O)NNC(=O)C1CC(NC(=O)c2cc(-c3ccccc3)on2)C1. The lowest BCUT2D eigenvalue weighted by Crippen LogP contribution is -2.55. The Morgan fingerprint density at radius 2 is 1.76 bits per heavy atom. The molecule has 1 aromatic carbocycles. The Bertz CT molecular complexity index is 1030. The van der Waals surface area contributed by atoms with Crippen LogP contribution in [0.3, 0.4) is 0 Å². The van der Waals surface area contributed by atoms with Gasteiger partial charge in [-0.05, 0) is 37.9 Å². The number of aromatic nitrogens is 1. The molecule has 0 spiro atoms. The van der Waals surface area contributed by atoms with Crippen LogP contribution in [0.25, 0.3) is 11.3 Å². The van der Waals surface area contributed by atoms with Crippen LogP contribution < -0.4 is 16.2 Å². The van der Waals surface area contributed by atoms with Gasteiger partial charge in [-0.3, -0.25) is 25.2 Å². The first-order valence-corrected chi connectivity index (χ1v) is 14.4. The molecule has 1 aromatic heterocycles. The highest BCUT2D eigenvalue weighted by Gasteiger charge is 2.40. The van der Waals surface area contributed by atoms with Gasteiger partial charge in [0.15, 0.2) is 19.8 Å². The average Bonchev–Trinajstić information content (AvgIpc) is 3.24. The Hall–Kier alpha value is -2.98. The van der Waals surface area contributed by atoms with Gasteiger partial charge in [0.05, 0.1) is 0 Å². The zero-order valence-corrected chi connectivity index (χ0v) is 21.6. The number of carbonyl (C=O) groups is 3. The van der Waals surface area contributed by atoms with Crippen molar-refractivity contribution in [3.63, 3.8) is 0 Å². The van der Waals surface area contributed by atoms with Crippen molar-refractivity contribution in [2.75, 3.05) is 0 Å². The Morgan fingerprint density at radius 1 is 1.12 bits per heavy atom. The third-order valence-corrected chi connectivity index (χ3v) is 11.2. The van der Waals surface area contributed by atoms with Crippen LogP contribution in [-0.4, -0.2) is 43.3 Å². The van der Waals surface area contributed by atoms with Crippen molar-refractivity contribution in [2.45, 2.75) is 70.8 Å². The van der Waals surface area contributed by atoms with Crippen molar-refractivity contribution in [3.8, 4) is 11.3 Å². The van der Waals surface area contributed by atoms with Crippen molar-refractivity contribution in [3.05, 3.63) is 42.1 Å². The number of hydrogen-bond acceptors (Lipinski definition) is 6. The molecule has 1 aliphatic carbocycles. The third kappa shape index (κ3) is 6.12. The van der Waals surface area contributed by atoms with Crippen LogP contribution in [-0.2, 0) is 14.0 Å². The molecule has 10 heteroatoms. The molecule has 1 saturated carbocycles. The molecule has 1 heterocycles. The van der Waals surface area contributed by atoms with Crippen LogP contribution in [0.4, 0.5) is 0 Å². The minimum Gasteiger partial charge on any atom is -0.405 e. The normalized spacial score (nSPS) is 19.0. The Morgan fingerprint density at radius 3 is 2.38 bits per heavy atom. The summed E-state index contributed by atoms with van der Waals surface area (Å²) < 4.78 is 11.3. The number of hydrazine groups is 1. The Balaban J connectivity index is 1.40. The topological polar surface area (TPSA) is 123 Å². The molecule has 1 atom stereocenters. The first-order valence-electron chi connectivity index (χ1n) is 11.5. The average molecular weight is 487 g/mol. The molecule has 0 saturated heterocycles. The van der Waals surface area contributed by atoms with Crippen LogP contribution in [0.5, 0.6) is 0 Å². The standard InChI is InChI=1S/C24H34N4O5Si/c1-15(33-34(5,6)24(2,3)4)21(29)26-27-22(30)17-12-18(13-17)25-23(31)19-14-20(32-28-19)16-10-8-7-9-11-16/h7-11,14-15,17-18H,12-13H2,1-6H3,(H,25,31)(H,26,29)(H,27,30). The van der Waals surface area contributed by atoms with Gasteiger partial charge >= 0.3 is 0 Å². The van der Waals surface area contributed by atoms with Crippen LogP contribution in [0, 0.1) is 5.92 Å². The van der Waals surface area contributed by atoms with Gasteiger partial charge in [-0.15, -0.1) is 0 Å². The molecule has 1 unspecified atom stereocenters. The van der Waals surface area contributed by atoms with E-state index in [1.807, 2.05) is 30.3 Å². The van der Waals surface area contributed by atoms with Crippen molar-refractivity contribution < 1.29 is 23.3 Å². The molecule has 3 N–H and O–H groups in total. The lowest BCUT2D eigenvalue weighted by Gasteiger charge is -2.38. The molecule has 2 aromatic rings. The van der Waals surface area contributed by atoms with Crippen LogP contribution in [0.1, 0.15) is 51.0 Å². The number of benzene rings is 1. The molecule has 184 valence electrons. The fourth-order valence-corrected chi connectivity index (χ4v) is 4.67. The van der Waals surface area contributed by atoms with E-state index < -0.39 is 14.4 Å². The first kappa shape index (κ1) is 25.6. The van der Waals surface area contributed by atoms with Gasteiger partial charge in [-0.1, -0.05) is 56.3 Å². The first-order chi connectivity index (χ1) is 15.9. The van der Waals surface area contributed by atoms with Gasteiger partial charge in [0.25, 0.3) is 11.8 Å². The monoisotopic (exact) mass is 486 g/mol. The van der Waals surface area contributed by atoms with E-state index in [9.17, 15) is 14.4 Å². The lowest BCUT2D eigenvalue weighted by molar-refractivity contribution is -0.136. The smallest absolute Gasteiger partial charge is 0.273 e. The largest absolute Gasteiger partial charge is 0.405 e. The maximum atomic E-state index is 12.4. The molecular formula is C24H34N4O5Si. The second-order valence-electron chi connectivity index (χ2n) is 10.3. The van der Waals surface area contributed by atoms with E-state index in [0.717, 1.165) is 5.56 Å². The summed E-state index contributed by atoms with van der Waals surface area (Å²) in [6.07, 6.45) is 0.289. The van der Waals surface area contributed by atoms with E-state index in [1.165, 1.54) is 0 Å². The summed E-state index contributed by atoms with van der Waals surface area (Å²) in [6, 6.07) is 10.8. The quantitative estimate of drug-likeness (QED) is 0.407. The summed E-state index contributed by atoms with van der Waals surface area (Å²) in [6.45, 7) is 12.1.